The van der Waals surface area contributed by atoms with Gasteiger partial charge in [-0.2, -0.15) is 26.3 Å². The van der Waals surface area contributed by atoms with Gasteiger partial charge in [0.2, 0.25) is 10.0 Å². The average molecular weight is 351 g/mol. The Morgan fingerprint density at radius 1 is 1.00 bits per heavy atom. The van der Waals surface area contributed by atoms with Gasteiger partial charge in [-0.25, -0.2) is 8.42 Å². The minimum absolute atomic E-state index is 0.225. The van der Waals surface area contributed by atoms with Crippen molar-refractivity contribution < 1.29 is 39.9 Å². The van der Waals surface area contributed by atoms with Crippen LogP contribution < -0.4 is 4.72 Å². The van der Waals surface area contributed by atoms with E-state index in [0.29, 0.717) is 24.3 Å². The molecule has 0 saturated heterocycles. The SMILES string of the molecule is CCS(=O)(=O)Nc1ccc(C(O)(C(F)(F)F)C(F)(F)F)cc1. The molecule has 22 heavy (non-hydrogen) atoms. The van der Waals surface area contributed by atoms with Crippen molar-refractivity contribution in [2.75, 3.05) is 10.5 Å². The highest BCUT2D eigenvalue weighted by Gasteiger charge is 2.71. The molecule has 0 unspecified atom stereocenters. The fourth-order valence-corrected chi connectivity index (χ4v) is 2.16. The van der Waals surface area contributed by atoms with Crippen molar-refractivity contribution in [2.45, 2.75) is 24.9 Å². The third-order valence-electron chi connectivity index (χ3n) is 2.78. The van der Waals surface area contributed by atoms with Gasteiger partial charge in [-0.3, -0.25) is 4.72 Å². The summed E-state index contributed by atoms with van der Waals surface area (Å²) in [5.41, 5.74) is -6.73. The number of halogens is 6. The molecule has 0 heterocycles. The highest BCUT2D eigenvalue weighted by molar-refractivity contribution is 7.92. The van der Waals surface area contributed by atoms with E-state index in [2.05, 4.69) is 0 Å². The molecule has 0 aliphatic heterocycles. The van der Waals surface area contributed by atoms with Gasteiger partial charge in [0.1, 0.15) is 0 Å². The van der Waals surface area contributed by atoms with Gasteiger partial charge in [-0.1, -0.05) is 12.1 Å². The van der Waals surface area contributed by atoms with E-state index in [-0.39, 0.29) is 11.4 Å². The summed E-state index contributed by atoms with van der Waals surface area (Å²) in [6, 6.07) is 2.11. The summed E-state index contributed by atoms with van der Waals surface area (Å²) < 4.78 is 100. The molecule has 0 fully saturated rings. The Bertz CT molecular complexity index is 607. The minimum atomic E-state index is -5.99. The lowest BCUT2D eigenvalue weighted by atomic mass is 9.92. The van der Waals surface area contributed by atoms with E-state index in [1.165, 1.54) is 6.92 Å². The first kappa shape index (κ1) is 18.6. The van der Waals surface area contributed by atoms with Gasteiger partial charge in [0.15, 0.2) is 0 Å². The van der Waals surface area contributed by atoms with Crippen molar-refractivity contribution in [3.8, 4) is 0 Å². The van der Waals surface area contributed by atoms with Crippen molar-refractivity contribution in [3.63, 3.8) is 0 Å². The third-order valence-corrected chi connectivity index (χ3v) is 4.08. The highest BCUT2D eigenvalue weighted by Crippen LogP contribution is 2.50. The zero-order chi connectivity index (χ0) is 17.4. The Hall–Kier alpha value is -1.49. The maximum Gasteiger partial charge on any atom is 0.430 e. The molecule has 0 atom stereocenters. The smallest absolute Gasteiger partial charge is 0.369 e. The van der Waals surface area contributed by atoms with Crippen LogP contribution >= 0.6 is 0 Å². The lowest BCUT2D eigenvalue weighted by Crippen LogP contribution is -2.53. The van der Waals surface area contributed by atoms with E-state index in [0.717, 1.165) is 0 Å². The van der Waals surface area contributed by atoms with Crippen molar-refractivity contribution in [1.29, 1.82) is 0 Å². The zero-order valence-electron chi connectivity index (χ0n) is 11.0. The molecule has 126 valence electrons. The van der Waals surface area contributed by atoms with Crippen LogP contribution in [-0.4, -0.2) is 31.6 Å². The summed E-state index contributed by atoms with van der Waals surface area (Å²) in [7, 11) is -3.73. The highest BCUT2D eigenvalue weighted by atomic mass is 32.2. The lowest BCUT2D eigenvalue weighted by molar-refractivity contribution is -0.376. The van der Waals surface area contributed by atoms with Gasteiger partial charge >= 0.3 is 12.4 Å². The summed E-state index contributed by atoms with van der Waals surface area (Å²) in [5.74, 6) is -0.330. The number of aliphatic hydroxyl groups is 1. The fraction of sp³-hybridized carbons (Fsp3) is 0.455. The second-order valence-electron chi connectivity index (χ2n) is 4.29. The Morgan fingerprint density at radius 2 is 1.41 bits per heavy atom. The van der Waals surface area contributed by atoms with E-state index < -0.39 is 33.5 Å². The van der Waals surface area contributed by atoms with E-state index in [9.17, 15) is 34.8 Å². The molecule has 0 aromatic heterocycles. The van der Waals surface area contributed by atoms with E-state index in [1.54, 1.807) is 0 Å². The van der Waals surface area contributed by atoms with Crippen LogP contribution in [0.15, 0.2) is 24.3 Å². The maximum absolute atomic E-state index is 12.6. The minimum Gasteiger partial charge on any atom is -0.369 e. The van der Waals surface area contributed by atoms with Crippen LogP contribution in [0, 0.1) is 0 Å². The van der Waals surface area contributed by atoms with Gasteiger partial charge < -0.3 is 5.11 Å². The molecular formula is C11H11F6NO3S. The quantitative estimate of drug-likeness (QED) is 0.820. The van der Waals surface area contributed by atoms with Crippen LogP contribution in [0.4, 0.5) is 32.0 Å². The molecular weight excluding hydrogens is 340 g/mol. The standard InChI is InChI=1S/C11H11F6NO3S/c1-2-22(20,21)18-8-5-3-7(4-6-8)9(19,10(12,13)14)11(15,16)17/h3-6,18-19H,2H2,1H3. The van der Waals surface area contributed by atoms with Crippen LogP contribution in [0.25, 0.3) is 0 Å². The Balaban J connectivity index is 3.27. The van der Waals surface area contributed by atoms with Gasteiger partial charge in [-0.15, -0.1) is 0 Å². The first-order valence-electron chi connectivity index (χ1n) is 5.71. The van der Waals surface area contributed by atoms with Gasteiger partial charge in [0, 0.05) is 11.3 Å². The summed E-state index contributed by atoms with van der Waals surface area (Å²) in [6.45, 7) is 1.29. The van der Waals surface area contributed by atoms with Crippen LogP contribution in [0.5, 0.6) is 0 Å². The first-order valence-corrected chi connectivity index (χ1v) is 7.36. The van der Waals surface area contributed by atoms with Gasteiger partial charge in [0.25, 0.3) is 5.60 Å². The number of alkyl halides is 6. The molecule has 4 nitrogen and oxygen atoms in total. The molecule has 2 N–H and O–H groups in total. The molecule has 0 bridgehead atoms. The third kappa shape index (κ3) is 3.46. The molecule has 0 amide bonds. The number of hydrogen-bond donors (Lipinski definition) is 2. The number of rotatable bonds is 4. The lowest BCUT2D eigenvalue weighted by Gasteiger charge is -2.32. The second-order valence-corrected chi connectivity index (χ2v) is 6.30. The number of sulfonamides is 1. The Kier molecular flexibility index (Phi) is 4.73. The predicted molar refractivity (Wildman–Crippen MR) is 65.5 cm³/mol. The van der Waals surface area contributed by atoms with Crippen LogP contribution in [0.2, 0.25) is 0 Å². The average Bonchev–Trinajstić information content (AvgIpc) is 2.35. The molecule has 1 rings (SSSR count). The predicted octanol–water partition coefficient (Wildman–Crippen LogP) is 2.76. The van der Waals surface area contributed by atoms with Crippen LogP contribution in [0.1, 0.15) is 12.5 Å². The molecule has 0 aliphatic rings. The van der Waals surface area contributed by atoms with Gasteiger partial charge in [-0.05, 0) is 19.1 Å². The van der Waals surface area contributed by atoms with Crippen molar-refractivity contribution in [1.82, 2.24) is 0 Å². The summed E-state index contributed by atoms with van der Waals surface area (Å²) in [6.07, 6.45) is -12.0. The number of anilines is 1. The van der Waals surface area contributed by atoms with Crippen LogP contribution in [-0.2, 0) is 15.6 Å². The van der Waals surface area contributed by atoms with E-state index >= 15 is 0 Å². The number of nitrogens with one attached hydrogen (secondary N) is 1. The number of hydrogen-bond acceptors (Lipinski definition) is 3. The number of benzene rings is 1. The normalized spacial score (nSPS) is 14.0. The maximum atomic E-state index is 12.6. The Morgan fingerprint density at radius 3 is 1.73 bits per heavy atom. The molecule has 0 spiro atoms. The molecule has 0 radical (unpaired) electrons. The fourth-order valence-electron chi connectivity index (χ4n) is 1.52. The van der Waals surface area contributed by atoms with Crippen molar-refractivity contribution in [2.24, 2.45) is 0 Å². The van der Waals surface area contributed by atoms with Crippen molar-refractivity contribution >= 4 is 15.7 Å². The first-order chi connectivity index (χ1) is 9.74. The Labute approximate surface area is 121 Å². The summed E-state index contributed by atoms with van der Waals surface area (Å²) in [5, 5.41) is 9.14. The second kappa shape index (κ2) is 5.61. The summed E-state index contributed by atoms with van der Waals surface area (Å²) >= 11 is 0. The topological polar surface area (TPSA) is 66.4 Å². The summed E-state index contributed by atoms with van der Waals surface area (Å²) in [4.78, 5) is 0. The van der Waals surface area contributed by atoms with Crippen LogP contribution in [0.3, 0.4) is 0 Å². The van der Waals surface area contributed by atoms with Crippen molar-refractivity contribution in [3.05, 3.63) is 29.8 Å². The molecule has 0 saturated carbocycles. The zero-order valence-corrected chi connectivity index (χ0v) is 11.8. The van der Waals surface area contributed by atoms with E-state index in [4.69, 9.17) is 5.11 Å². The molecule has 1 aromatic rings. The molecule has 11 heteroatoms. The van der Waals surface area contributed by atoms with Gasteiger partial charge in [0.05, 0.1) is 5.75 Å². The molecule has 0 aliphatic carbocycles. The largest absolute Gasteiger partial charge is 0.430 e. The monoisotopic (exact) mass is 351 g/mol. The van der Waals surface area contributed by atoms with E-state index in [1.807, 2.05) is 4.72 Å². The molecule has 1 aromatic carbocycles.